The monoisotopic (exact) mass is 523 g/mol. The highest BCUT2D eigenvalue weighted by Gasteiger charge is 2.25. The summed E-state index contributed by atoms with van der Waals surface area (Å²) in [7, 11) is 0. The Kier molecular flexibility index (Phi) is 8.10. The summed E-state index contributed by atoms with van der Waals surface area (Å²) in [6, 6.07) is 10.2. The van der Waals surface area contributed by atoms with E-state index < -0.39 is 0 Å². The van der Waals surface area contributed by atoms with Gasteiger partial charge in [-0.2, -0.15) is 0 Å². The van der Waals surface area contributed by atoms with Gasteiger partial charge in [-0.25, -0.2) is 0 Å². The van der Waals surface area contributed by atoms with Crippen molar-refractivity contribution < 1.29 is 0 Å². The van der Waals surface area contributed by atoms with E-state index in [1.807, 2.05) is 18.2 Å². The molecule has 41 heavy (non-hydrogen) atoms. The summed E-state index contributed by atoms with van der Waals surface area (Å²) in [6.45, 7) is 0. The van der Waals surface area contributed by atoms with Crippen LogP contribution < -0.4 is 0 Å². The minimum Gasteiger partial charge on any atom is -0.0914 e. The first-order valence-corrected chi connectivity index (χ1v) is 14.2. The molecule has 5 aliphatic carbocycles. The highest BCUT2D eigenvalue weighted by molar-refractivity contribution is 5.57. The zero-order valence-corrected chi connectivity index (χ0v) is 23.1. The molecular weight excluding hydrogens is 492 g/mol. The second-order valence-corrected chi connectivity index (χ2v) is 10.3. The molecule has 0 unspecified atom stereocenters. The summed E-state index contributed by atoms with van der Waals surface area (Å²) in [5.41, 5.74) is 15.1. The number of allylic oxidation sites excluding steroid dienone is 26. The molecule has 0 nitrogen and oxygen atoms in total. The maximum atomic E-state index is 3.65. The van der Waals surface area contributed by atoms with Gasteiger partial charge in [-0.1, -0.05) is 48.3 Å². The van der Waals surface area contributed by atoms with Gasteiger partial charge < -0.3 is 0 Å². The first kappa shape index (κ1) is 26.0. The van der Waals surface area contributed by atoms with E-state index in [4.69, 9.17) is 0 Å². The third kappa shape index (κ3) is 7.46. The van der Waals surface area contributed by atoms with Crippen LogP contribution in [0.2, 0.25) is 0 Å². The topological polar surface area (TPSA) is 0 Å². The molecule has 0 fully saturated rings. The maximum Gasteiger partial charge on any atom is 0.230 e. The zero-order valence-electron chi connectivity index (χ0n) is 23.1. The zero-order chi connectivity index (χ0) is 27.7. The van der Waals surface area contributed by atoms with Crippen LogP contribution in [0.15, 0.2) is 190 Å². The maximum absolute atomic E-state index is 3.65. The van der Waals surface area contributed by atoms with Crippen LogP contribution in [0.5, 0.6) is 0 Å². The van der Waals surface area contributed by atoms with Gasteiger partial charge in [0.05, 0.1) is 48.8 Å². The normalized spacial score (nSPS) is 20.7. The summed E-state index contributed by atoms with van der Waals surface area (Å²) in [6.07, 6.45) is 53.4. The summed E-state index contributed by atoms with van der Waals surface area (Å²) in [4.78, 5) is 0. The van der Waals surface area contributed by atoms with E-state index in [-0.39, 0.29) is 0 Å². The summed E-state index contributed by atoms with van der Waals surface area (Å²) in [5, 5.41) is 0. The smallest absolute Gasteiger partial charge is 0.0914 e. The van der Waals surface area contributed by atoms with Crippen LogP contribution in [0.4, 0.5) is 0 Å². The fraction of sp³-hybridized carbons (Fsp3) is 0.0732. The van der Waals surface area contributed by atoms with Crippen LogP contribution in [0.3, 0.4) is 0 Å². The van der Waals surface area contributed by atoms with E-state index in [0.29, 0.717) is 0 Å². The van der Waals surface area contributed by atoms with Crippen molar-refractivity contribution in [3.63, 3.8) is 0 Å². The molecule has 0 spiro atoms. The quantitative estimate of drug-likeness (QED) is 0.266. The molecule has 0 heterocycles. The number of benzene rings is 1. The molecular formula is C41H31+5. The molecule has 1 aromatic carbocycles. The van der Waals surface area contributed by atoms with Crippen molar-refractivity contribution in [3.05, 3.63) is 226 Å². The van der Waals surface area contributed by atoms with Gasteiger partial charge in [0.15, 0.2) is 16.7 Å². The summed E-state index contributed by atoms with van der Waals surface area (Å²) < 4.78 is 0. The Hall–Kier alpha value is -5.21. The highest BCUT2D eigenvalue weighted by atomic mass is 14.1. The molecule has 0 atom stereocenters. The highest BCUT2D eigenvalue weighted by Crippen LogP contribution is 2.27. The Morgan fingerprint density at radius 3 is 2.41 bits per heavy atom. The van der Waals surface area contributed by atoms with Crippen molar-refractivity contribution in [1.29, 1.82) is 0 Å². The third-order valence-electron chi connectivity index (χ3n) is 6.96. The minimum atomic E-state index is 0.888. The fourth-order valence-corrected chi connectivity index (χ4v) is 5.08. The van der Waals surface area contributed by atoms with Crippen LogP contribution in [0.25, 0.3) is 0 Å². The lowest BCUT2D eigenvalue weighted by molar-refractivity contribution is 1.21. The largest absolute Gasteiger partial charge is 0.230 e. The molecule has 5 aliphatic rings. The minimum absolute atomic E-state index is 0.888. The van der Waals surface area contributed by atoms with Crippen LogP contribution >= 0.6 is 0 Å². The van der Waals surface area contributed by atoms with Crippen molar-refractivity contribution in [2.75, 3.05) is 0 Å². The van der Waals surface area contributed by atoms with Crippen LogP contribution in [-0.4, -0.2) is 0 Å². The molecule has 0 heteroatoms. The lowest BCUT2D eigenvalue weighted by Gasteiger charge is -2.07. The van der Waals surface area contributed by atoms with E-state index in [0.717, 1.165) is 52.7 Å². The molecule has 0 bridgehead atoms. The standard InChI is InChI=1S/C41H31/c1-3-11-32(12-4-1)23-34-15-7-17-36(25-34)27-38-19-9-21-40(29-38)31-41-22-10-20-39(30-41)28-37-18-8-16-35(26-37)24-33-13-5-2-6-14-33/h1,3-15,17-19,21-22,24-26,29-31H,2,16,20H2/q+5. The van der Waals surface area contributed by atoms with Gasteiger partial charge in [0.2, 0.25) is 5.57 Å². The Morgan fingerprint density at radius 1 is 0.732 bits per heavy atom. The first-order valence-electron chi connectivity index (χ1n) is 14.2. The van der Waals surface area contributed by atoms with Crippen molar-refractivity contribution in [2.45, 2.75) is 19.3 Å². The lowest BCUT2D eigenvalue weighted by atomic mass is 9.90. The average molecular weight is 524 g/mol. The van der Waals surface area contributed by atoms with Gasteiger partial charge in [0.1, 0.15) is 29.7 Å². The Bertz CT molecular complexity index is 1650. The van der Waals surface area contributed by atoms with E-state index >= 15 is 0 Å². The van der Waals surface area contributed by atoms with Gasteiger partial charge in [-0.05, 0) is 54.3 Å². The second-order valence-electron chi connectivity index (χ2n) is 10.3. The molecule has 0 N–H and O–H groups in total. The third-order valence-corrected chi connectivity index (χ3v) is 6.96. The fourth-order valence-electron chi connectivity index (χ4n) is 5.08. The van der Waals surface area contributed by atoms with Gasteiger partial charge >= 0.3 is 0 Å². The number of hydrogen-bond donors (Lipinski definition) is 0. The molecule has 0 saturated heterocycles. The molecule has 0 aromatic heterocycles. The van der Waals surface area contributed by atoms with Crippen LogP contribution in [0, 0.1) is 31.4 Å². The number of rotatable bonds is 5. The van der Waals surface area contributed by atoms with Crippen molar-refractivity contribution in [2.24, 2.45) is 0 Å². The molecule has 1 aromatic rings. The summed E-state index contributed by atoms with van der Waals surface area (Å²) in [5.74, 6) is 0. The lowest BCUT2D eigenvalue weighted by Crippen LogP contribution is -1.97. The van der Waals surface area contributed by atoms with Gasteiger partial charge in [0.25, 0.3) is 0 Å². The number of hydrogen-bond acceptors (Lipinski definition) is 0. The van der Waals surface area contributed by atoms with E-state index in [2.05, 4.69) is 153 Å². The molecule has 0 aliphatic heterocycles. The van der Waals surface area contributed by atoms with Gasteiger partial charge in [-0.15, -0.1) is 0 Å². The van der Waals surface area contributed by atoms with Gasteiger partial charge in [-0.3, -0.25) is 0 Å². The Balaban J connectivity index is 1.17. The van der Waals surface area contributed by atoms with E-state index in [9.17, 15) is 0 Å². The van der Waals surface area contributed by atoms with E-state index in [1.54, 1.807) is 0 Å². The van der Waals surface area contributed by atoms with E-state index in [1.165, 1.54) is 22.3 Å². The Morgan fingerprint density at radius 2 is 1.54 bits per heavy atom. The summed E-state index contributed by atoms with van der Waals surface area (Å²) >= 11 is 0. The van der Waals surface area contributed by atoms with Gasteiger partial charge in [0, 0.05) is 42.4 Å². The van der Waals surface area contributed by atoms with Crippen molar-refractivity contribution >= 4 is 0 Å². The molecule has 6 rings (SSSR count). The van der Waals surface area contributed by atoms with Crippen LogP contribution in [-0.2, 0) is 0 Å². The van der Waals surface area contributed by atoms with Crippen molar-refractivity contribution in [3.8, 4) is 0 Å². The first-order chi connectivity index (χ1) is 20.2. The second kappa shape index (κ2) is 12.8. The predicted octanol–water partition coefficient (Wildman–Crippen LogP) is 9.77. The Labute approximate surface area is 245 Å². The van der Waals surface area contributed by atoms with Crippen molar-refractivity contribution in [1.82, 2.24) is 0 Å². The average Bonchev–Trinajstić information content (AvgIpc) is 2.99. The van der Waals surface area contributed by atoms with Crippen LogP contribution in [0.1, 0.15) is 24.8 Å². The molecule has 190 valence electrons. The molecule has 0 radical (unpaired) electrons. The SMILES string of the molecule is C(=C1C=CCC(C=C2C=CCC=C2)=C1)=C1C=C([CH+]C2=CC(=[C+]C3=CC(=[C+]c4ccccc4)C=C[CH+]3)C=C[CH+]2)C=CC1. The molecule has 0 saturated carbocycles. The molecule has 0 amide bonds. The predicted molar refractivity (Wildman–Crippen MR) is 172 cm³/mol.